The van der Waals surface area contributed by atoms with Gasteiger partial charge in [-0.3, -0.25) is 0 Å². The van der Waals surface area contributed by atoms with E-state index in [0.717, 1.165) is 0 Å². The van der Waals surface area contributed by atoms with Gasteiger partial charge >= 0.3 is 0 Å². The zero-order chi connectivity index (χ0) is 13.6. The van der Waals surface area contributed by atoms with E-state index in [-0.39, 0.29) is 11.3 Å². The molecule has 0 saturated carbocycles. The van der Waals surface area contributed by atoms with Gasteiger partial charge in [0.05, 0.1) is 11.1 Å². The summed E-state index contributed by atoms with van der Waals surface area (Å²) in [6.07, 6.45) is 0. The largest absolute Gasteiger partial charge is 0.338 e. The van der Waals surface area contributed by atoms with Crippen molar-refractivity contribution in [3.8, 4) is 11.4 Å². The number of rotatable bonds is 1. The first-order valence-corrected chi connectivity index (χ1v) is 5.35. The summed E-state index contributed by atoms with van der Waals surface area (Å²) in [5.41, 5.74) is -0.240. The molecule has 3 aromatic rings. The van der Waals surface area contributed by atoms with Gasteiger partial charge in [0, 0.05) is 12.1 Å². The van der Waals surface area contributed by atoms with Crippen LogP contribution in [0.15, 0.2) is 30.3 Å². The van der Waals surface area contributed by atoms with Crippen LogP contribution >= 0.6 is 0 Å². The number of aromatic amines is 1. The Morgan fingerprint density at radius 1 is 0.895 bits per heavy atom. The molecule has 1 N–H and O–H groups in total. The molecule has 0 aliphatic heterocycles. The van der Waals surface area contributed by atoms with Crippen molar-refractivity contribution in [2.45, 2.75) is 0 Å². The highest BCUT2D eigenvalue weighted by Gasteiger charge is 2.17. The van der Waals surface area contributed by atoms with E-state index < -0.39 is 28.8 Å². The molecular formula is C13H6F4N2. The quantitative estimate of drug-likeness (QED) is 0.667. The van der Waals surface area contributed by atoms with Crippen molar-refractivity contribution in [2.24, 2.45) is 0 Å². The number of hydrogen-bond acceptors (Lipinski definition) is 1. The molecule has 1 heterocycles. The van der Waals surface area contributed by atoms with Crippen LogP contribution in [0.3, 0.4) is 0 Å². The third-order valence-electron chi connectivity index (χ3n) is 2.71. The molecule has 1 aromatic heterocycles. The van der Waals surface area contributed by atoms with Crippen LogP contribution in [0.25, 0.3) is 22.4 Å². The average molecular weight is 266 g/mol. The number of nitrogens with one attached hydrogen (secondary N) is 1. The molecule has 0 aliphatic carbocycles. The summed E-state index contributed by atoms with van der Waals surface area (Å²) in [5.74, 6) is -4.02. The fraction of sp³-hybridized carbons (Fsp3) is 0. The SMILES string of the molecule is Fc1cc(F)c(-c2nc3c(F)cccc3[nH]2)c(F)c1. The van der Waals surface area contributed by atoms with Crippen LogP contribution in [-0.2, 0) is 0 Å². The smallest absolute Gasteiger partial charge is 0.151 e. The Labute approximate surface area is 104 Å². The molecule has 0 amide bonds. The lowest BCUT2D eigenvalue weighted by atomic mass is 10.2. The Morgan fingerprint density at radius 2 is 1.58 bits per heavy atom. The lowest BCUT2D eigenvalue weighted by Gasteiger charge is -2.01. The number of hydrogen-bond donors (Lipinski definition) is 1. The van der Waals surface area contributed by atoms with E-state index in [1.54, 1.807) is 0 Å². The zero-order valence-electron chi connectivity index (χ0n) is 9.35. The Balaban J connectivity index is 2.28. The van der Waals surface area contributed by atoms with Crippen molar-refractivity contribution >= 4 is 11.0 Å². The van der Waals surface area contributed by atoms with Crippen LogP contribution in [0.2, 0.25) is 0 Å². The minimum absolute atomic E-state index is 0.0272. The zero-order valence-corrected chi connectivity index (χ0v) is 9.35. The molecule has 0 radical (unpaired) electrons. The van der Waals surface area contributed by atoms with Gasteiger partial charge in [-0.25, -0.2) is 22.5 Å². The number of nitrogens with zero attached hydrogens (tertiary/aromatic N) is 1. The number of aromatic nitrogens is 2. The summed E-state index contributed by atoms with van der Waals surface area (Å²) in [5, 5.41) is 0. The molecule has 0 fully saturated rings. The van der Waals surface area contributed by atoms with Gasteiger partial charge in [-0.15, -0.1) is 0 Å². The molecule has 0 spiro atoms. The van der Waals surface area contributed by atoms with Crippen molar-refractivity contribution in [2.75, 3.05) is 0 Å². The summed E-state index contributed by atoms with van der Waals surface area (Å²) in [7, 11) is 0. The number of benzene rings is 2. The molecule has 2 aromatic carbocycles. The predicted octanol–water partition coefficient (Wildman–Crippen LogP) is 3.79. The van der Waals surface area contributed by atoms with Gasteiger partial charge in [0.1, 0.15) is 28.8 Å². The monoisotopic (exact) mass is 266 g/mol. The maximum Gasteiger partial charge on any atom is 0.151 e. The predicted molar refractivity (Wildman–Crippen MR) is 61.4 cm³/mol. The van der Waals surface area contributed by atoms with E-state index >= 15 is 0 Å². The molecule has 0 unspecified atom stereocenters. The van der Waals surface area contributed by atoms with Crippen molar-refractivity contribution in [3.63, 3.8) is 0 Å². The van der Waals surface area contributed by atoms with Gasteiger partial charge < -0.3 is 4.98 Å². The maximum absolute atomic E-state index is 13.6. The second-order valence-corrected chi connectivity index (χ2v) is 3.97. The minimum Gasteiger partial charge on any atom is -0.338 e. The van der Waals surface area contributed by atoms with E-state index in [4.69, 9.17) is 0 Å². The highest BCUT2D eigenvalue weighted by molar-refractivity contribution is 5.80. The van der Waals surface area contributed by atoms with Crippen molar-refractivity contribution < 1.29 is 17.6 Å². The summed E-state index contributed by atoms with van der Waals surface area (Å²) in [4.78, 5) is 6.40. The topological polar surface area (TPSA) is 28.7 Å². The first kappa shape index (κ1) is 11.7. The van der Waals surface area contributed by atoms with Crippen LogP contribution in [0.4, 0.5) is 17.6 Å². The molecule has 3 rings (SSSR count). The molecule has 0 saturated heterocycles. The minimum atomic E-state index is -1.10. The Hall–Kier alpha value is -2.37. The summed E-state index contributed by atoms with van der Waals surface area (Å²) in [6.45, 7) is 0. The average Bonchev–Trinajstić information content (AvgIpc) is 2.72. The molecule has 96 valence electrons. The standard InChI is InChI=1S/C13H6F4N2/c14-6-4-8(16)11(9(17)5-6)13-18-10-3-1-2-7(15)12(10)19-13/h1-5H,(H,18,19). The van der Waals surface area contributed by atoms with Gasteiger partial charge in [0.25, 0.3) is 0 Å². The van der Waals surface area contributed by atoms with Gasteiger partial charge in [-0.1, -0.05) is 6.07 Å². The van der Waals surface area contributed by atoms with Crippen LogP contribution in [0.1, 0.15) is 0 Å². The van der Waals surface area contributed by atoms with Crippen molar-refractivity contribution in [1.82, 2.24) is 9.97 Å². The van der Waals surface area contributed by atoms with Crippen molar-refractivity contribution in [3.05, 3.63) is 53.6 Å². The summed E-state index contributed by atoms with van der Waals surface area (Å²) in [6, 6.07) is 5.24. The van der Waals surface area contributed by atoms with Gasteiger partial charge in [0.2, 0.25) is 0 Å². The van der Waals surface area contributed by atoms with Crippen LogP contribution in [0, 0.1) is 23.3 Å². The molecule has 6 heteroatoms. The number of halogens is 4. The lowest BCUT2D eigenvalue weighted by Crippen LogP contribution is -1.93. The fourth-order valence-electron chi connectivity index (χ4n) is 1.88. The third kappa shape index (κ3) is 1.85. The van der Waals surface area contributed by atoms with E-state index in [9.17, 15) is 17.6 Å². The summed E-state index contributed by atoms with van der Waals surface area (Å²) < 4.78 is 53.5. The molecule has 0 atom stereocenters. The maximum atomic E-state index is 13.6. The molecule has 19 heavy (non-hydrogen) atoms. The van der Waals surface area contributed by atoms with Gasteiger partial charge in [-0.05, 0) is 12.1 Å². The van der Waals surface area contributed by atoms with E-state index in [0.29, 0.717) is 17.6 Å². The van der Waals surface area contributed by atoms with E-state index in [1.807, 2.05) is 0 Å². The lowest BCUT2D eigenvalue weighted by molar-refractivity contribution is 0.547. The van der Waals surface area contributed by atoms with Crippen LogP contribution in [-0.4, -0.2) is 9.97 Å². The normalized spacial score (nSPS) is 11.2. The van der Waals surface area contributed by atoms with Crippen molar-refractivity contribution in [1.29, 1.82) is 0 Å². The number of fused-ring (bicyclic) bond motifs is 1. The third-order valence-corrected chi connectivity index (χ3v) is 2.71. The highest BCUT2D eigenvalue weighted by atomic mass is 19.1. The highest BCUT2D eigenvalue weighted by Crippen LogP contribution is 2.27. The Morgan fingerprint density at radius 3 is 2.21 bits per heavy atom. The molecule has 0 bridgehead atoms. The van der Waals surface area contributed by atoms with Crippen LogP contribution in [0.5, 0.6) is 0 Å². The molecular weight excluding hydrogens is 260 g/mol. The van der Waals surface area contributed by atoms with E-state index in [1.165, 1.54) is 18.2 Å². The van der Waals surface area contributed by atoms with E-state index in [2.05, 4.69) is 9.97 Å². The van der Waals surface area contributed by atoms with Gasteiger partial charge in [-0.2, -0.15) is 0 Å². The first-order chi connectivity index (χ1) is 9.06. The second kappa shape index (κ2) is 4.08. The van der Waals surface area contributed by atoms with Gasteiger partial charge in [0.15, 0.2) is 5.82 Å². The Kier molecular flexibility index (Phi) is 2.51. The molecule has 0 aliphatic rings. The molecule has 2 nitrogen and oxygen atoms in total. The second-order valence-electron chi connectivity index (χ2n) is 3.97. The number of para-hydroxylation sites is 1. The van der Waals surface area contributed by atoms with Crippen LogP contribution < -0.4 is 0 Å². The first-order valence-electron chi connectivity index (χ1n) is 5.35. The number of H-pyrrole nitrogens is 1. The fourth-order valence-corrected chi connectivity index (χ4v) is 1.88. The Bertz CT molecular complexity index is 756. The summed E-state index contributed by atoms with van der Waals surface area (Å²) >= 11 is 0. The number of imidazole rings is 1.